The van der Waals surface area contributed by atoms with Gasteiger partial charge in [0.15, 0.2) is 5.58 Å². The lowest BCUT2D eigenvalue weighted by Crippen LogP contribution is -2.15. The van der Waals surface area contributed by atoms with Gasteiger partial charge in [0, 0.05) is 12.1 Å². The lowest BCUT2D eigenvalue weighted by Gasteiger charge is -2.11. The van der Waals surface area contributed by atoms with E-state index in [0.717, 1.165) is 41.1 Å². The average Bonchev–Trinajstić information content (AvgIpc) is 3.11. The number of aliphatic hydroxyl groups excluding tert-OH is 1. The fraction of sp³-hybridized carbons (Fsp3) is 0.308. The summed E-state index contributed by atoms with van der Waals surface area (Å²) in [5, 5.41) is 9.90. The SMILES string of the molecule is CC(O)c1ccc2oc(=O)n(Cc3cccc(-c4ccc(OCCCN(C)C)cn4)c3)c2c1. The summed E-state index contributed by atoms with van der Waals surface area (Å²) in [6.45, 7) is 3.68. The summed E-state index contributed by atoms with van der Waals surface area (Å²) in [4.78, 5) is 19.1. The summed E-state index contributed by atoms with van der Waals surface area (Å²) in [7, 11) is 4.09. The minimum absolute atomic E-state index is 0.357. The summed E-state index contributed by atoms with van der Waals surface area (Å²) in [6, 6.07) is 17.1. The first-order valence-corrected chi connectivity index (χ1v) is 11.0. The number of fused-ring (bicyclic) bond motifs is 1. The molecule has 4 rings (SSSR count). The normalized spacial score (nSPS) is 12.4. The summed E-state index contributed by atoms with van der Waals surface area (Å²) in [5.41, 5.74) is 4.64. The van der Waals surface area contributed by atoms with E-state index in [1.807, 2.05) is 50.5 Å². The van der Waals surface area contributed by atoms with E-state index in [9.17, 15) is 9.90 Å². The molecule has 1 atom stereocenters. The third-order valence-electron chi connectivity index (χ3n) is 5.49. The van der Waals surface area contributed by atoms with Crippen LogP contribution in [0.1, 0.15) is 30.6 Å². The number of ether oxygens (including phenoxy) is 1. The largest absolute Gasteiger partial charge is 0.492 e. The number of benzene rings is 2. The summed E-state index contributed by atoms with van der Waals surface area (Å²) >= 11 is 0. The maximum Gasteiger partial charge on any atom is 0.420 e. The highest BCUT2D eigenvalue weighted by Gasteiger charge is 2.13. The molecule has 1 N–H and O–H groups in total. The van der Waals surface area contributed by atoms with E-state index in [2.05, 4.69) is 9.88 Å². The molecule has 0 amide bonds. The van der Waals surface area contributed by atoms with Gasteiger partial charge < -0.3 is 19.2 Å². The fourth-order valence-electron chi connectivity index (χ4n) is 3.71. The number of aromatic nitrogens is 2. The lowest BCUT2D eigenvalue weighted by atomic mass is 10.1. The van der Waals surface area contributed by atoms with E-state index in [-0.39, 0.29) is 0 Å². The first-order valence-electron chi connectivity index (χ1n) is 11.0. The molecule has 33 heavy (non-hydrogen) atoms. The Morgan fingerprint density at radius 3 is 2.73 bits per heavy atom. The molecule has 172 valence electrons. The summed E-state index contributed by atoms with van der Waals surface area (Å²) < 4.78 is 12.7. The van der Waals surface area contributed by atoms with Crippen LogP contribution in [-0.2, 0) is 6.54 Å². The van der Waals surface area contributed by atoms with E-state index in [4.69, 9.17) is 9.15 Å². The minimum Gasteiger partial charge on any atom is -0.492 e. The highest BCUT2D eigenvalue weighted by Crippen LogP contribution is 2.23. The van der Waals surface area contributed by atoms with Crippen molar-refractivity contribution >= 4 is 11.1 Å². The Morgan fingerprint density at radius 1 is 1.15 bits per heavy atom. The van der Waals surface area contributed by atoms with Crippen molar-refractivity contribution in [2.45, 2.75) is 26.0 Å². The van der Waals surface area contributed by atoms with Gasteiger partial charge in [-0.1, -0.05) is 24.3 Å². The van der Waals surface area contributed by atoms with E-state index in [1.54, 1.807) is 35.9 Å². The molecule has 0 saturated carbocycles. The minimum atomic E-state index is -0.623. The highest BCUT2D eigenvalue weighted by molar-refractivity contribution is 5.74. The van der Waals surface area contributed by atoms with Crippen LogP contribution in [0.25, 0.3) is 22.4 Å². The average molecular weight is 448 g/mol. The van der Waals surface area contributed by atoms with Gasteiger partial charge in [0.05, 0.1) is 36.7 Å². The standard InChI is InChI=1S/C26H29N3O4/c1-18(30)20-8-11-25-24(15-20)29(26(31)33-25)17-19-6-4-7-21(14-19)23-10-9-22(16-27-23)32-13-5-12-28(2)3/h4,6-11,14-16,18,30H,5,12-13,17H2,1-3H3. The number of hydrogen-bond acceptors (Lipinski definition) is 6. The van der Waals surface area contributed by atoms with Crippen molar-refractivity contribution in [3.63, 3.8) is 0 Å². The van der Waals surface area contributed by atoms with Crippen LogP contribution in [0.2, 0.25) is 0 Å². The molecule has 7 heteroatoms. The van der Waals surface area contributed by atoms with Crippen molar-refractivity contribution in [2.24, 2.45) is 0 Å². The zero-order valence-corrected chi connectivity index (χ0v) is 19.2. The second-order valence-corrected chi connectivity index (χ2v) is 8.44. The lowest BCUT2D eigenvalue weighted by molar-refractivity contribution is 0.199. The van der Waals surface area contributed by atoms with E-state index in [0.29, 0.717) is 24.3 Å². The number of nitrogens with zero attached hydrogens (tertiary/aromatic N) is 3. The third kappa shape index (κ3) is 5.50. The topological polar surface area (TPSA) is 80.7 Å². The van der Waals surface area contributed by atoms with Gasteiger partial charge in [-0.15, -0.1) is 0 Å². The molecule has 0 radical (unpaired) electrons. The van der Waals surface area contributed by atoms with Crippen molar-refractivity contribution in [2.75, 3.05) is 27.2 Å². The maximum atomic E-state index is 12.5. The Bertz CT molecular complexity index is 1270. The van der Waals surface area contributed by atoms with Crippen molar-refractivity contribution in [1.82, 2.24) is 14.5 Å². The molecule has 2 aromatic carbocycles. The van der Waals surface area contributed by atoms with E-state index >= 15 is 0 Å². The molecule has 0 aliphatic rings. The zero-order chi connectivity index (χ0) is 23.4. The van der Waals surface area contributed by atoms with E-state index in [1.165, 1.54) is 0 Å². The van der Waals surface area contributed by atoms with Gasteiger partial charge in [-0.25, -0.2) is 4.79 Å². The van der Waals surface area contributed by atoms with Crippen LogP contribution < -0.4 is 10.5 Å². The smallest absolute Gasteiger partial charge is 0.420 e. The predicted octanol–water partition coefficient (Wildman–Crippen LogP) is 4.09. The summed E-state index contributed by atoms with van der Waals surface area (Å²) in [5.74, 6) is 0.325. The number of hydrogen-bond donors (Lipinski definition) is 1. The van der Waals surface area contributed by atoms with Gasteiger partial charge in [0.2, 0.25) is 0 Å². The quantitative estimate of drug-likeness (QED) is 0.389. The molecule has 2 heterocycles. The van der Waals surface area contributed by atoms with Crippen molar-refractivity contribution < 1.29 is 14.3 Å². The van der Waals surface area contributed by atoms with E-state index < -0.39 is 11.9 Å². The molecular weight excluding hydrogens is 418 g/mol. The molecule has 7 nitrogen and oxygen atoms in total. The number of aliphatic hydroxyl groups is 1. The number of oxazole rings is 1. The van der Waals surface area contributed by atoms with Gasteiger partial charge in [-0.05, 0) is 68.9 Å². The van der Waals surface area contributed by atoms with Crippen LogP contribution in [0, 0.1) is 0 Å². The fourth-order valence-corrected chi connectivity index (χ4v) is 3.71. The van der Waals surface area contributed by atoms with Crippen LogP contribution in [0.3, 0.4) is 0 Å². The number of pyridine rings is 1. The number of rotatable bonds is 9. The Kier molecular flexibility index (Phi) is 6.91. The Hall–Kier alpha value is -3.42. The molecule has 0 aliphatic heterocycles. The summed E-state index contributed by atoms with van der Waals surface area (Å²) in [6.07, 6.45) is 2.07. The van der Waals surface area contributed by atoms with Crippen molar-refractivity contribution in [1.29, 1.82) is 0 Å². The Balaban J connectivity index is 1.51. The first-order chi connectivity index (χ1) is 15.9. The van der Waals surface area contributed by atoms with Crippen LogP contribution in [-0.4, -0.2) is 46.8 Å². The van der Waals surface area contributed by atoms with Gasteiger partial charge in [0.1, 0.15) is 5.75 Å². The molecular formula is C26H29N3O4. The molecule has 0 aliphatic carbocycles. The van der Waals surface area contributed by atoms with Crippen LogP contribution in [0.4, 0.5) is 0 Å². The van der Waals surface area contributed by atoms with Crippen LogP contribution >= 0.6 is 0 Å². The van der Waals surface area contributed by atoms with Crippen LogP contribution in [0.5, 0.6) is 5.75 Å². The Morgan fingerprint density at radius 2 is 2.00 bits per heavy atom. The molecule has 4 aromatic rings. The first kappa shape index (κ1) is 22.8. The monoisotopic (exact) mass is 447 g/mol. The molecule has 0 spiro atoms. The second-order valence-electron chi connectivity index (χ2n) is 8.44. The highest BCUT2D eigenvalue weighted by atomic mass is 16.5. The molecule has 0 fully saturated rings. The molecule has 1 unspecified atom stereocenters. The van der Waals surface area contributed by atoms with Gasteiger partial charge in [0.25, 0.3) is 0 Å². The molecule has 0 saturated heterocycles. The zero-order valence-electron chi connectivity index (χ0n) is 19.2. The Labute approximate surface area is 192 Å². The van der Waals surface area contributed by atoms with Crippen LogP contribution in [0.15, 0.2) is 70.0 Å². The predicted molar refractivity (Wildman–Crippen MR) is 129 cm³/mol. The third-order valence-corrected chi connectivity index (χ3v) is 5.49. The molecule has 2 aromatic heterocycles. The maximum absolute atomic E-state index is 12.5. The molecule has 0 bridgehead atoms. The van der Waals surface area contributed by atoms with Crippen molar-refractivity contribution in [3.8, 4) is 17.0 Å². The van der Waals surface area contributed by atoms with Gasteiger partial charge >= 0.3 is 5.76 Å². The van der Waals surface area contributed by atoms with Gasteiger partial charge in [-0.3, -0.25) is 9.55 Å². The van der Waals surface area contributed by atoms with Gasteiger partial charge in [-0.2, -0.15) is 0 Å². The second kappa shape index (κ2) is 10.0. The van der Waals surface area contributed by atoms with Crippen molar-refractivity contribution in [3.05, 3.63) is 82.5 Å².